The number of rotatable bonds is 7. The van der Waals surface area contributed by atoms with Crippen molar-refractivity contribution in [1.82, 2.24) is 14.8 Å². The van der Waals surface area contributed by atoms with Gasteiger partial charge in [-0.1, -0.05) is 29.5 Å². The Balaban J connectivity index is 0.00000289. The average Bonchev–Trinajstić information content (AvgIpc) is 3.27. The molecule has 0 unspecified atom stereocenters. The summed E-state index contributed by atoms with van der Waals surface area (Å²) >= 11 is 1.21. The highest BCUT2D eigenvalue weighted by Crippen LogP contribution is 2.31. The summed E-state index contributed by atoms with van der Waals surface area (Å²) in [6.45, 7) is 0.671. The predicted octanol–water partition coefficient (Wildman–Crippen LogP) is 3.44. The Morgan fingerprint density at radius 1 is 1.03 bits per heavy atom. The maximum atomic E-state index is 14.1. The van der Waals surface area contributed by atoms with E-state index in [1.807, 2.05) is 19.0 Å². The van der Waals surface area contributed by atoms with Crippen molar-refractivity contribution in [2.75, 3.05) is 38.6 Å². The molecule has 1 aliphatic rings. The van der Waals surface area contributed by atoms with Crippen molar-refractivity contribution in [3.63, 3.8) is 0 Å². The Bertz CT molecular complexity index is 1150. The highest BCUT2D eigenvalue weighted by Gasteiger charge is 2.37. The first-order chi connectivity index (χ1) is 14.9. The average molecular weight is 477 g/mol. The number of benzene rings is 2. The lowest BCUT2D eigenvalue weighted by atomic mass is 10.1. The van der Waals surface area contributed by atoms with Gasteiger partial charge in [0.15, 0.2) is 5.13 Å². The molecule has 2 heterocycles. The summed E-state index contributed by atoms with van der Waals surface area (Å²) in [5.41, 5.74) is 0.789. The lowest BCUT2D eigenvalue weighted by Gasteiger charge is -2.23. The molecule has 0 spiro atoms. The molecule has 3 aromatic rings. The number of anilines is 1. The third kappa shape index (κ3) is 4.50. The summed E-state index contributed by atoms with van der Waals surface area (Å²) in [4.78, 5) is 47.3. The van der Waals surface area contributed by atoms with Crippen LogP contribution in [0.25, 0.3) is 10.2 Å². The van der Waals surface area contributed by atoms with Crippen molar-refractivity contribution in [3.8, 4) is 0 Å². The van der Waals surface area contributed by atoms with Crippen molar-refractivity contribution < 1.29 is 18.8 Å². The quantitative estimate of drug-likeness (QED) is 0.488. The number of carbonyl (C=O) groups excluding carboxylic acids is 3. The molecule has 7 nitrogen and oxygen atoms in total. The van der Waals surface area contributed by atoms with E-state index in [0.29, 0.717) is 33.9 Å². The molecule has 168 valence electrons. The van der Waals surface area contributed by atoms with Gasteiger partial charge in [0.25, 0.3) is 11.8 Å². The van der Waals surface area contributed by atoms with Gasteiger partial charge in [0.05, 0.1) is 15.8 Å². The molecule has 0 atom stereocenters. The molecule has 0 bridgehead atoms. The van der Waals surface area contributed by atoms with Crippen molar-refractivity contribution in [1.29, 1.82) is 0 Å². The number of para-hydroxylation sites is 1. The van der Waals surface area contributed by atoms with E-state index in [1.165, 1.54) is 22.3 Å². The topological polar surface area (TPSA) is 73.8 Å². The van der Waals surface area contributed by atoms with Crippen LogP contribution >= 0.6 is 23.7 Å². The molecular formula is C22H22ClFN4O3S. The molecule has 0 fully saturated rings. The Kier molecular flexibility index (Phi) is 7.22. The van der Waals surface area contributed by atoms with E-state index in [4.69, 9.17) is 0 Å². The summed E-state index contributed by atoms with van der Waals surface area (Å²) in [7, 11) is 3.86. The van der Waals surface area contributed by atoms with Crippen molar-refractivity contribution in [2.45, 2.75) is 6.42 Å². The molecule has 1 aliphatic heterocycles. The zero-order chi connectivity index (χ0) is 22.1. The number of imide groups is 1. The van der Waals surface area contributed by atoms with Gasteiger partial charge < -0.3 is 4.90 Å². The number of nitrogens with zero attached hydrogens (tertiary/aromatic N) is 4. The van der Waals surface area contributed by atoms with Gasteiger partial charge in [-0.2, -0.15) is 0 Å². The predicted molar refractivity (Wildman–Crippen MR) is 124 cm³/mol. The molecule has 0 aliphatic carbocycles. The number of carbonyl (C=O) groups is 3. The van der Waals surface area contributed by atoms with Crippen LogP contribution in [-0.2, 0) is 4.79 Å². The number of hydrogen-bond donors (Lipinski definition) is 0. The third-order valence-electron chi connectivity index (χ3n) is 5.05. The molecule has 4 rings (SSSR count). The molecule has 32 heavy (non-hydrogen) atoms. The maximum absolute atomic E-state index is 14.1. The van der Waals surface area contributed by atoms with E-state index in [0.717, 1.165) is 11.4 Å². The van der Waals surface area contributed by atoms with Crippen LogP contribution in [0.15, 0.2) is 42.5 Å². The fraction of sp³-hybridized carbons (Fsp3) is 0.273. The molecule has 0 saturated carbocycles. The number of fused-ring (bicyclic) bond motifs is 2. The zero-order valence-electron chi connectivity index (χ0n) is 17.6. The number of thiazole rings is 1. The second-order valence-corrected chi connectivity index (χ2v) is 8.54. The summed E-state index contributed by atoms with van der Waals surface area (Å²) < 4.78 is 14.8. The Morgan fingerprint density at radius 3 is 2.28 bits per heavy atom. The van der Waals surface area contributed by atoms with Gasteiger partial charge >= 0.3 is 0 Å². The van der Waals surface area contributed by atoms with Crippen LogP contribution in [0.4, 0.5) is 9.52 Å². The van der Waals surface area contributed by atoms with Crippen molar-refractivity contribution in [3.05, 3.63) is 59.4 Å². The van der Waals surface area contributed by atoms with E-state index in [1.54, 1.807) is 36.4 Å². The largest absolute Gasteiger partial charge is 0.309 e. The van der Waals surface area contributed by atoms with Gasteiger partial charge in [0.2, 0.25) is 5.91 Å². The Labute approximate surface area is 194 Å². The van der Waals surface area contributed by atoms with E-state index in [9.17, 15) is 18.8 Å². The lowest BCUT2D eigenvalue weighted by molar-refractivity contribution is -0.119. The molecule has 0 N–H and O–H groups in total. The number of aromatic nitrogens is 1. The summed E-state index contributed by atoms with van der Waals surface area (Å²) in [6, 6.07) is 11.2. The van der Waals surface area contributed by atoms with Gasteiger partial charge in [0.1, 0.15) is 17.9 Å². The Morgan fingerprint density at radius 2 is 1.69 bits per heavy atom. The zero-order valence-corrected chi connectivity index (χ0v) is 19.2. The molecule has 3 amide bonds. The van der Waals surface area contributed by atoms with Crippen LogP contribution in [-0.4, -0.2) is 66.2 Å². The summed E-state index contributed by atoms with van der Waals surface area (Å²) in [5.74, 6) is -1.87. The minimum atomic E-state index is -0.488. The van der Waals surface area contributed by atoms with Crippen LogP contribution in [0.2, 0.25) is 0 Å². The molecule has 0 radical (unpaired) electrons. The first-order valence-corrected chi connectivity index (χ1v) is 10.6. The maximum Gasteiger partial charge on any atom is 0.262 e. The van der Waals surface area contributed by atoms with Gasteiger partial charge in [0, 0.05) is 6.54 Å². The highest BCUT2D eigenvalue weighted by molar-refractivity contribution is 7.22. The van der Waals surface area contributed by atoms with Gasteiger partial charge in [-0.15, -0.1) is 12.4 Å². The molecule has 10 heteroatoms. The van der Waals surface area contributed by atoms with Crippen LogP contribution in [0, 0.1) is 5.82 Å². The normalized spacial score (nSPS) is 12.9. The summed E-state index contributed by atoms with van der Waals surface area (Å²) in [5, 5.41) is 0.348. The van der Waals surface area contributed by atoms with E-state index in [2.05, 4.69) is 4.98 Å². The minimum absolute atomic E-state index is 0. The van der Waals surface area contributed by atoms with E-state index < -0.39 is 30.1 Å². The molecule has 1 aromatic heterocycles. The SMILES string of the molecule is CN(C)CCCN(C(=O)CN1C(=O)c2ccccc2C1=O)c1nc2c(F)cccc2s1.Cl. The van der Waals surface area contributed by atoms with Crippen molar-refractivity contribution in [2.24, 2.45) is 0 Å². The highest BCUT2D eigenvalue weighted by atomic mass is 35.5. The smallest absolute Gasteiger partial charge is 0.262 e. The van der Waals surface area contributed by atoms with Gasteiger partial charge in [-0.25, -0.2) is 9.37 Å². The first-order valence-electron chi connectivity index (χ1n) is 9.82. The first kappa shape index (κ1) is 23.8. The Hall–Kier alpha value is -2.88. The van der Waals surface area contributed by atoms with Crippen molar-refractivity contribution >= 4 is 56.8 Å². The van der Waals surface area contributed by atoms with Crippen LogP contribution in [0.1, 0.15) is 27.1 Å². The van der Waals surface area contributed by atoms with Crippen LogP contribution < -0.4 is 4.90 Å². The minimum Gasteiger partial charge on any atom is -0.309 e. The number of halogens is 2. The lowest BCUT2D eigenvalue weighted by Crippen LogP contribution is -2.43. The van der Waals surface area contributed by atoms with Crippen LogP contribution in [0.5, 0.6) is 0 Å². The standard InChI is InChI=1S/C22H21FN4O3S.ClH/c1-25(2)11-6-12-26(22-24-19-16(23)9-5-10-17(19)31-22)18(28)13-27-20(29)14-7-3-4-8-15(14)21(27)30;/h3-5,7-10H,6,11-13H2,1-2H3;1H. The second kappa shape index (κ2) is 9.72. The second-order valence-electron chi connectivity index (χ2n) is 7.53. The summed E-state index contributed by atoms with van der Waals surface area (Å²) in [6.07, 6.45) is 0.652. The van der Waals surface area contributed by atoms with Gasteiger partial charge in [-0.3, -0.25) is 24.2 Å². The van der Waals surface area contributed by atoms with Crippen LogP contribution in [0.3, 0.4) is 0 Å². The third-order valence-corrected chi connectivity index (χ3v) is 6.09. The fourth-order valence-corrected chi connectivity index (χ4v) is 4.52. The number of amides is 3. The monoisotopic (exact) mass is 476 g/mol. The number of hydrogen-bond acceptors (Lipinski definition) is 6. The fourth-order valence-electron chi connectivity index (χ4n) is 3.49. The molecular weight excluding hydrogens is 455 g/mol. The van der Waals surface area contributed by atoms with Gasteiger partial charge in [-0.05, 0) is 51.3 Å². The molecule has 0 saturated heterocycles. The molecule has 2 aromatic carbocycles. The van der Waals surface area contributed by atoms with E-state index >= 15 is 0 Å². The van der Waals surface area contributed by atoms with E-state index in [-0.39, 0.29) is 17.9 Å².